The molecule has 0 radical (unpaired) electrons. The van der Waals surface area contributed by atoms with E-state index in [1.165, 1.54) is 0 Å². The average Bonchev–Trinajstić information content (AvgIpc) is 2.91. The van der Waals surface area contributed by atoms with Gasteiger partial charge in [-0.3, -0.25) is 9.48 Å². The number of nitrogens with one attached hydrogen (secondary N) is 1. The van der Waals surface area contributed by atoms with Crippen molar-refractivity contribution in [2.45, 2.75) is 58.4 Å². The molecule has 1 amide bonds. The molecule has 0 aromatic carbocycles. The summed E-state index contributed by atoms with van der Waals surface area (Å²) < 4.78 is 39.2. The summed E-state index contributed by atoms with van der Waals surface area (Å²) in [6.07, 6.45) is -2.49. The van der Waals surface area contributed by atoms with Gasteiger partial charge in [-0.2, -0.15) is 18.3 Å². The normalized spacial score (nSPS) is 20.6. The van der Waals surface area contributed by atoms with Crippen molar-refractivity contribution in [2.24, 2.45) is 0 Å². The Kier molecular flexibility index (Phi) is 5.03. The van der Waals surface area contributed by atoms with Crippen molar-refractivity contribution in [3.8, 4) is 0 Å². The number of carbonyl (C=O) groups is 1. The molecule has 0 spiro atoms. The van der Waals surface area contributed by atoms with Crippen LogP contribution in [0.5, 0.6) is 0 Å². The Bertz CT molecular complexity index is 568. The van der Waals surface area contributed by atoms with Crippen molar-refractivity contribution >= 4 is 5.91 Å². The first-order chi connectivity index (χ1) is 10.6. The summed E-state index contributed by atoms with van der Waals surface area (Å²) in [5.41, 5.74) is 2.02. The molecule has 0 saturated carbocycles. The highest BCUT2D eigenvalue weighted by atomic mass is 19.4. The maximum Gasteiger partial charge on any atom is 0.406 e. The van der Waals surface area contributed by atoms with Crippen LogP contribution in [0.2, 0.25) is 0 Å². The van der Waals surface area contributed by atoms with Gasteiger partial charge in [-0.05, 0) is 27.7 Å². The zero-order chi connectivity index (χ0) is 17.4. The Morgan fingerprint density at radius 1 is 1.39 bits per heavy atom. The Hall–Kier alpha value is -1.57. The summed E-state index contributed by atoms with van der Waals surface area (Å²) in [5.74, 6) is -0.457. The number of rotatable bonds is 5. The Morgan fingerprint density at radius 2 is 2.04 bits per heavy atom. The standard InChI is InChI=1S/C15H23F3N4O/c1-9(2)22-11(4)13(6-19-22)10(3)20-12-5-14(23)21(7-12)8-15(16,17)18/h6,9-10,12,20H,5,7-8H2,1-4H3/t10-,12-/m0/s1. The van der Waals surface area contributed by atoms with E-state index in [1.807, 2.05) is 32.4 Å². The van der Waals surface area contributed by atoms with E-state index in [-0.39, 0.29) is 31.1 Å². The second kappa shape index (κ2) is 6.51. The van der Waals surface area contributed by atoms with E-state index in [4.69, 9.17) is 0 Å². The number of hydrogen-bond donors (Lipinski definition) is 1. The molecule has 1 fully saturated rings. The van der Waals surface area contributed by atoms with Gasteiger partial charge in [-0.1, -0.05) is 0 Å². The SMILES string of the molecule is Cc1c([C@H](C)N[C@H]2CC(=O)N(CC(F)(F)F)C2)cnn1C(C)C. The monoisotopic (exact) mass is 332 g/mol. The Morgan fingerprint density at radius 3 is 2.57 bits per heavy atom. The molecule has 2 rings (SSSR count). The third kappa shape index (κ3) is 4.25. The summed E-state index contributed by atoms with van der Waals surface area (Å²) in [6.45, 7) is 6.88. The van der Waals surface area contributed by atoms with Gasteiger partial charge >= 0.3 is 6.18 Å². The molecule has 130 valence electrons. The van der Waals surface area contributed by atoms with Crippen LogP contribution in [0.1, 0.15) is 50.5 Å². The molecule has 1 aromatic heterocycles. The number of carbonyl (C=O) groups excluding carboxylic acids is 1. The molecule has 1 aliphatic rings. The summed E-state index contributed by atoms with van der Waals surface area (Å²) in [4.78, 5) is 12.6. The van der Waals surface area contributed by atoms with Crippen LogP contribution >= 0.6 is 0 Å². The van der Waals surface area contributed by atoms with Crippen LogP contribution in [0, 0.1) is 6.92 Å². The number of nitrogens with zero attached hydrogens (tertiary/aromatic N) is 3. The third-order valence-corrected chi connectivity index (χ3v) is 4.11. The number of amides is 1. The number of likely N-dealkylation sites (tertiary alicyclic amines) is 1. The van der Waals surface area contributed by atoms with Crippen LogP contribution in [0.3, 0.4) is 0 Å². The smallest absolute Gasteiger partial charge is 0.332 e. The number of hydrogen-bond acceptors (Lipinski definition) is 3. The minimum atomic E-state index is -4.36. The maximum absolute atomic E-state index is 12.4. The van der Waals surface area contributed by atoms with Gasteiger partial charge in [0.05, 0.1) is 6.20 Å². The van der Waals surface area contributed by atoms with E-state index in [2.05, 4.69) is 10.4 Å². The molecular formula is C15H23F3N4O. The summed E-state index contributed by atoms with van der Waals surface area (Å²) in [5, 5.41) is 7.59. The van der Waals surface area contributed by atoms with Gasteiger partial charge in [0.1, 0.15) is 6.54 Å². The minimum absolute atomic E-state index is 0.0777. The summed E-state index contributed by atoms with van der Waals surface area (Å²) in [6, 6.07) is -0.112. The molecule has 5 nitrogen and oxygen atoms in total. The van der Waals surface area contributed by atoms with E-state index in [9.17, 15) is 18.0 Å². The lowest BCUT2D eigenvalue weighted by molar-refractivity contribution is -0.157. The van der Waals surface area contributed by atoms with E-state index >= 15 is 0 Å². The highest BCUT2D eigenvalue weighted by Crippen LogP contribution is 2.24. The van der Waals surface area contributed by atoms with Crippen molar-refractivity contribution < 1.29 is 18.0 Å². The van der Waals surface area contributed by atoms with Crippen LogP contribution in [0.25, 0.3) is 0 Å². The predicted molar refractivity (Wildman–Crippen MR) is 79.9 cm³/mol. The van der Waals surface area contributed by atoms with E-state index in [0.29, 0.717) is 0 Å². The van der Waals surface area contributed by atoms with Crippen LogP contribution < -0.4 is 5.32 Å². The van der Waals surface area contributed by atoms with Gasteiger partial charge < -0.3 is 10.2 Å². The Balaban J connectivity index is 1.99. The maximum atomic E-state index is 12.4. The lowest BCUT2D eigenvalue weighted by Gasteiger charge is -2.21. The van der Waals surface area contributed by atoms with Crippen molar-refractivity contribution in [2.75, 3.05) is 13.1 Å². The van der Waals surface area contributed by atoms with Gasteiger partial charge in [0.25, 0.3) is 0 Å². The number of alkyl halides is 3. The van der Waals surface area contributed by atoms with Gasteiger partial charge in [-0.15, -0.1) is 0 Å². The first-order valence-electron chi connectivity index (χ1n) is 7.73. The van der Waals surface area contributed by atoms with Gasteiger partial charge in [0.2, 0.25) is 5.91 Å². The lowest BCUT2D eigenvalue weighted by Crippen LogP contribution is -2.38. The molecule has 0 unspecified atom stereocenters. The van der Waals surface area contributed by atoms with E-state index < -0.39 is 18.6 Å². The minimum Gasteiger partial charge on any atom is -0.332 e. The first-order valence-corrected chi connectivity index (χ1v) is 7.73. The fourth-order valence-corrected chi connectivity index (χ4v) is 3.08. The van der Waals surface area contributed by atoms with Crippen LogP contribution in [-0.4, -0.2) is 45.9 Å². The second-order valence-electron chi connectivity index (χ2n) is 6.40. The summed E-state index contributed by atoms with van der Waals surface area (Å²) in [7, 11) is 0. The van der Waals surface area contributed by atoms with Gasteiger partial charge in [0, 0.05) is 42.3 Å². The van der Waals surface area contributed by atoms with E-state index in [0.717, 1.165) is 16.2 Å². The molecule has 8 heteroatoms. The van der Waals surface area contributed by atoms with Gasteiger partial charge in [-0.25, -0.2) is 0 Å². The van der Waals surface area contributed by atoms with Crippen molar-refractivity contribution in [3.63, 3.8) is 0 Å². The fourth-order valence-electron chi connectivity index (χ4n) is 3.08. The van der Waals surface area contributed by atoms with E-state index in [1.54, 1.807) is 6.20 Å². The molecule has 1 N–H and O–H groups in total. The van der Waals surface area contributed by atoms with Crippen molar-refractivity contribution in [1.82, 2.24) is 20.0 Å². The van der Waals surface area contributed by atoms with Crippen molar-refractivity contribution in [1.29, 1.82) is 0 Å². The lowest BCUT2D eigenvalue weighted by atomic mass is 10.1. The molecule has 1 aromatic rings. The predicted octanol–water partition coefficient (Wildman–Crippen LogP) is 2.59. The molecule has 1 saturated heterocycles. The highest BCUT2D eigenvalue weighted by Gasteiger charge is 2.38. The molecule has 0 aliphatic carbocycles. The topological polar surface area (TPSA) is 50.2 Å². The second-order valence-corrected chi connectivity index (χ2v) is 6.40. The van der Waals surface area contributed by atoms with Crippen LogP contribution in [-0.2, 0) is 4.79 Å². The molecule has 1 aliphatic heterocycles. The first kappa shape index (κ1) is 17.8. The molecule has 0 bridgehead atoms. The number of aromatic nitrogens is 2. The quantitative estimate of drug-likeness (QED) is 0.902. The molecular weight excluding hydrogens is 309 g/mol. The number of halogens is 3. The van der Waals surface area contributed by atoms with Gasteiger partial charge in [0.15, 0.2) is 0 Å². The van der Waals surface area contributed by atoms with Crippen LogP contribution in [0.4, 0.5) is 13.2 Å². The highest BCUT2D eigenvalue weighted by molar-refractivity contribution is 5.79. The third-order valence-electron chi connectivity index (χ3n) is 4.11. The summed E-state index contributed by atoms with van der Waals surface area (Å²) >= 11 is 0. The molecule has 2 heterocycles. The molecule has 23 heavy (non-hydrogen) atoms. The zero-order valence-corrected chi connectivity index (χ0v) is 13.8. The molecule has 2 atom stereocenters. The fraction of sp³-hybridized carbons (Fsp3) is 0.733. The Labute approximate surface area is 133 Å². The van der Waals surface area contributed by atoms with Crippen LogP contribution in [0.15, 0.2) is 6.20 Å². The average molecular weight is 332 g/mol. The zero-order valence-electron chi connectivity index (χ0n) is 13.8. The largest absolute Gasteiger partial charge is 0.406 e. The van der Waals surface area contributed by atoms with Crippen molar-refractivity contribution in [3.05, 3.63) is 17.5 Å².